The standard InChI is InChI=1S/C30H24N2O8/c33-27(20-11-4-1-5-12-20)37-19-23-24(39-28(34)21-13-6-2-7-14-21)25(40-29(35)22-15-8-3-9-16-22)26(38-23)32-18-10-17-31-30(32)36/h1-18,23-26H,19H2/t23-,24+,25?,26-/m1/s1. The maximum Gasteiger partial charge on any atom is 0.349 e. The minimum atomic E-state index is -1.29. The molecule has 0 radical (unpaired) electrons. The zero-order valence-corrected chi connectivity index (χ0v) is 21.1. The number of benzene rings is 3. The lowest BCUT2D eigenvalue weighted by Gasteiger charge is -2.25. The number of esters is 3. The lowest BCUT2D eigenvalue weighted by atomic mass is 10.1. The van der Waals surface area contributed by atoms with Crippen LogP contribution in [0.1, 0.15) is 37.3 Å². The fourth-order valence-corrected chi connectivity index (χ4v) is 4.24. The maximum atomic E-state index is 13.1. The first-order chi connectivity index (χ1) is 19.5. The van der Waals surface area contributed by atoms with Gasteiger partial charge in [0.2, 0.25) is 0 Å². The smallest absolute Gasteiger partial charge is 0.349 e. The lowest BCUT2D eigenvalue weighted by molar-refractivity contribution is -0.0639. The van der Waals surface area contributed by atoms with Crippen molar-refractivity contribution in [1.82, 2.24) is 9.55 Å². The van der Waals surface area contributed by atoms with Gasteiger partial charge in [-0.2, -0.15) is 0 Å². The van der Waals surface area contributed by atoms with E-state index in [0.717, 1.165) is 4.57 Å². The number of rotatable bonds is 8. The number of hydrogen-bond acceptors (Lipinski definition) is 9. The molecule has 0 saturated carbocycles. The molecule has 0 aliphatic carbocycles. The summed E-state index contributed by atoms with van der Waals surface area (Å²) < 4.78 is 24.4. The lowest BCUT2D eigenvalue weighted by Crippen LogP contribution is -2.42. The van der Waals surface area contributed by atoms with Gasteiger partial charge in [0.05, 0.1) is 16.7 Å². The van der Waals surface area contributed by atoms with Gasteiger partial charge in [-0.25, -0.2) is 24.2 Å². The molecule has 2 heterocycles. The van der Waals surface area contributed by atoms with Crippen molar-refractivity contribution in [3.05, 3.63) is 137 Å². The number of aromatic nitrogens is 2. The van der Waals surface area contributed by atoms with Crippen LogP contribution in [-0.2, 0) is 18.9 Å². The predicted molar refractivity (Wildman–Crippen MR) is 140 cm³/mol. The van der Waals surface area contributed by atoms with Gasteiger partial charge in [-0.15, -0.1) is 0 Å². The summed E-state index contributed by atoms with van der Waals surface area (Å²) in [6, 6.07) is 26.3. The van der Waals surface area contributed by atoms with Crippen molar-refractivity contribution in [1.29, 1.82) is 0 Å². The van der Waals surface area contributed by atoms with Crippen LogP contribution >= 0.6 is 0 Å². The zero-order valence-electron chi connectivity index (χ0n) is 21.1. The minimum absolute atomic E-state index is 0.242. The normalized spacial score (nSPS) is 19.9. The molecule has 1 unspecified atom stereocenters. The van der Waals surface area contributed by atoms with Crippen molar-refractivity contribution < 1.29 is 33.3 Å². The van der Waals surface area contributed by atoms with Gasteiger partial charge in [-0.05, 0) is 42.5 Å². The largest absolute Gasteiger partial charge is 0.459 e. The van der Waals surface area contributed by atoms with Crippen LogP contribution in [0.5, 0.6) is 0 Å². The molecule has 202 valence electrons. The first-order valence-corrected chi connectivity index (χ1v) is 12.4. The summed E-state index contributed by atoms with van der Waals surface area (Å²) in [7, 11) is 0. The van der Waals surface area contributed by atoms with Crippen LogP contribution in [0.3, 0.4) is 0 Å². The molecule has 0 bridgehead atoms. The summed E-state index contributed by atoms with van der Waals surface area (Å²) in [5, 5.41) is 0. The number of nitrogens with zero attached hydrogens (tertiary/aromatic N) is 2. The average molecular weight is 541 g/mol. The molecule has 3 aromatic carbocycles. The summed E-state index contributed by atoms with van der Waals surface area (Å²) in [4.78, 5) is 55.3. The fourth-order valence-electron chi connectivity index (χ4n) is 4.24. The van der Waals surface area contributed by atoms with Crippen molar-refractivity contribution in [2.75, 3.05) is 6.61 Å². The SMILES string of the molecule is O=C(OC[C@H]1O[C@@H](n2cccnc2=O)C(OC(=O)c2ccccc2)[C@H]1OC(=O)c1ccccc1)c1ccccc1. The van der Waals surface area contributed by atoms with Gasteiger partial charge >= 0.3 is 23.6 Å². The van der Waals surface area contributed by atoms with E-state index in [0.29, 0.717) is 5.56 Å². The zero-order chi connectivity index (χ0) is 27.9. The van der Waals surface area contributed by atoms with Crippen molar-refractivity contribution in [2.45, 2.75) is 24.5 Å². The van der Waals surface area contributed by atoms with Gasteiger partial charge in [0, 0.05) is 12.4 Å². The van der Waals surface area contributed by atoms with Crippen LogP contribution in [0.2, 0.25) is 0 Å². The molecule has 10 nitrogen and oxygen atoms in total. The fraction of sp³-hybridized carbons (Fsp3) is 0.167. The highest BCUT2D eigenvalue weighted by molar-refractivity contribution is 5.91. The summed E-state index contributed by atoms with van der Waals surface area (Å²) in [6.07, 6.45) is -2.14. The Hall–Kier alpha value is -5.09. The number of hydrogen-bond donors (Lipinski definition) is 0. The maximum absolute atomic E-state index is 13.1. The molecule has 4 aromatic rings. The Morgan fingerprint density at radius 1 is 0.700 bits per heavy atom. The molecular weight excluding hydrogens is 516 g/mol. The first-order valence-electron chi connectivity index (χ1n) is 12.4. The van der Waals surface area contributed by atoms with Crippen molar-refractivity contribution in [2.24, 2.45) is 0 Å². The molecule has 0 spiro atoms. The third-order valence-electron chi connectivity index (χ3n) is 6.19. The second-order valence-electron chi connectivity index (χ2n) is 8.81. The molecule has 1 fully saturated rings. The van der Waals surface area contributed by atoms with E-state index in [1.54, 1.807) is 91.0 Å². The van der Waals surface area contributed by atoms with E-state index >= 15 is 0 Å². The Kier molecular flexibility index (Phi) is 8.07. The van der Waals surface area contributed by atoms with Crippen LogP contribution in [0.15, 0.2) is 114 Å². The third-order valence-corrected chi connectivity index (χ3v) is 6.19. The van der Waals surface area contributed by atoms with Crippen LogP contribution in [0.4, 0.5) is 0 Å². The van der Waals surface area contributed by atoms with Gasteiger partial charge in [0.1, 0.15) is 12.7 Å². The summed E-state index contributed by atoms with van der Waals surface area (Å²) in [5.41, 5.74) is 0.123. The molecule has 10 heteroatoms. The third kappa shape index (κ3) is 5.97. The average Bonchev–Trinajstić information content (AvgIpc) is 3.33. The van der Waals surface area contributed by atoms with Crippen LogP contribution < -0.4 is 5.69 Å². The van der Waals surface area contributed by atoms with E-state index in [2.05, 4.69) is 4.98 Å². The van der Waals surface area contributed by atoms with E-state index < -0.39 is 48.1 Å². The van der Waals surface area contributed by atoms with E-state index in [4.69, 9.17) is 18.9 Å². The highest BCUT2D eigenvalue weighted by Gasteiger charge is 2.51. The summed E-state index contributed by atoms with van der Waals surface area (Å²) in [5.74, 6) is -2.07. The number of ether oxygens (including phenoxy) is 4. The Morgan fingerprint density at radius 3 is 1.73 bits per heavy atom. The van der Waals surface area contributed by atoms with E-state index in [1.165, 1.54) is 18.5 Å². The highest BCUT2D eigenvalue weighted by atomic mass is 16.7. The van der Waals surface area contributed by atoms with Crippen LogP contribution in [-0.4, -0.2) is 52.4 Å². The second-order valence-corrected chi connectivity index (χ2v) is 8.81. The highest BCUT2D eigenvalue weighted by Crippen LogP contribution is 2.34. The van der Waals surface area contributed by atoms with Crippen molar-refractivity contribution in [3.8, 4) is 0 Å². The Morgan fingerprint density at radius 2 is 1.20 bits per heavy atom. The molecule has 40 heavy (non-hydrogen) atoms. The molecule has 5 rings (SSSR count). The van der Waals surface area contributed by atoms with Crippen molar-refractivity contribution >= 4 is 17.9 Å². The van der Waals surface area contributed by atoms with E-state index in [-0.39, 0.29) is 17.7 Å². The van der Waals surface area contributed by atoms with Gasteiger partial charge in [-0.1, -0.05) is 54.6 Å². The molecule has 0 amide bonds. The van der Waals surface area contributed by atoms with Crippen LogP contribution in [0, 0.1) is 0 Å². The Bertz CT molecular complexity index is 1530. The monoisotopic (exact) mass is 540 g/mol. The number of carbonyl (C=O) groups excluding carboxylic acids is 3. The molecule has 4 atom stereocenters. The predicted octanol–water partition coefficient (Wildman–Crippen LogP) is 3.45. The van der Waals surface area contributed by atoms with Gasteiger partial charge in [-0.3, -0.25) is 4.57 Å². The Balaban J connectivity index is 1.48. The van der Waals surface area contributed by atoms with Gasteiger partial charge in [0.15, 0.2) is 18.4 Å². The molecule has 1 aromatic heterocycles. The second kappa shape index (κ2) is 12.2. The molecule has 1 aliphatic heterocycles. The van der Waals surface area contributed by atoms with E-state index in [9.17, 15) is 19.2 Å². The molecule has 1 aliphatic rings. The van der Waals surface area contributed by atoms with Crippen molar-refractivity contribution in [3.63, 3.8) is 0 Å². The molecule has 0 N–H and O–H groups in total. The quantitative estimate of drug-likeness (QED) is 0.244. The molecule has 1 saturated heterocycles. The Labute approximate surface area is 228 Å². The van der Waals surface area contributed by atoms with Gasteiger partial charge < -0.3 is 18.9 Å². The topological polar surface area (TPSA) is 123 Å². The molecular formula is C30H24N2O8. The van der Waals surface area contributed by atoms with E-state index in [1.807, 2.05) is 0 Å². The van der Waals surface area contributed by atoms with Crippen LogP contribution in [0.25, 0.3) is 0 Å². The first kappa shape index (κ1) is 26.5. The summed E-state index contributed by atoms with van der Waals surface area (Å²) in [6.45, 7) is -0.356. The van der Waals surface area contributed by atoms with Gasteiger partial charge in [0.25, 0.3) is 0 Å². The number of carbonyl (C=O) groups is 3. The summed E-state index contributed by atoms with van der Waals surface area (Å²) >= 11 is 0. The minimum Gasteiger partial charge on any atom is -0.459 e.